The van der Waals surface area contributed by atoms with Gasteiger partial charge in [0, 0.05) is 37.7 Å². The number of nitrogens with one attached hydrogen (secondary N) is 2. The molecule has 0 bridgehead atoms. The summed E-state index contributed by atoms with van der Waals surface area (Å²) in [5.74, 6) is 0.420. The van der Waals surface area contributed by atoms with E-state index in [2.05, 4.69) is 55.8 Å². The van der Waals surface area contributed by atoms with Gasteiger partial charge < -0.3 is 5.32 Å². The van der Waals surface area contributed by atoms with Crippen molar-refractivity contribution in [3.05, 3.63) is 83.8 Å². The van der Waals surface area contributed by atoms with Crippen molar-refractivity contribution in [1.29, 1.82) is 0 Å². The number of anilines is 2. The predicted molar refractivity (Wildman–Crippen MR) is 105 cm³/mol. The van der Waals surface area contributed by atoms with Crippen LogP contribution in [-0.2, 0) is 19.5 Å². The highest BCUT2D eigenvalue weighted by Gasteiger charge is 2.19. The van der Waals surface area contributed by atoms with Crippen LogP contribution in [0.2, 0.25) is 0 Å². The lowest BCUT2D eigenvalue weighted by atomic mass is 10.1. The molecule has 0 atom stereocenters. The highest BCUT2D eigenvalue weighted by molar-refractivity contribution is 5.99. The van der Waals surface area contributed by atoms with Crippen LogP contribution in [0.15, 0.2) is 67.1 Å². The Hall–Kier alpha value is -3.25. The largest absolute Gasteiger partial charge is 0.324 e. The second-order valence-electron chi connectivity index (χ2n) is 6.60. The van der Waals surface area contributed by atoms with Gasteiger partial charge in [-0.3, -0.25) is 15.2 Å². The molecule has 2 aromatic carbocycles. The number of carbonyl (C=O) groups is 1. The third kappa shape index (κ3) is 4.48. The minimum atomic E-state index is -0.325. The van der Waals surface area contributed by atoms with Crippen LogP contribution in [0.3, 0.4) is 0 Å². The number of carbonyl (C=O) groups excluding carboxylic acids is 1. The van der Waals surface area contributed by atoms with Crippen LogP contribution in [0, 0.1) is 0 Å². The van der Waals surface area contributed by atoms with Gasteiger partial charge in [-0.15, -0.1) is 0 Å². The molecule has 0 fully saturated rings. The van der Waals surface area contributed by atoms with E-state index in [1.807, 2.05) is 18.2 Å². The molecule has 2 heterocycles. The van der Waals surface area contributed by atoms with Crippen LogP contribution < -0.4 is 10.6 Å². The first-order valence-electron chi connectivity index (χ1n) is 8.98. The first-order valence-corrected chi connectivity index (χ1v) is 8.98. The maximum Gasteiger partial charge on any atom is 0.324 e. The number of amides is 2. The Bertz CT molecular complexity index is 914. The number of hydrogen-bond donors (Lipinski definition) is 2. The molecule has 1 aliphatic heterocycles. The smallest absolute Gasteiger partial charge is 0.308 e. The molecule has 1 aromatic heterocycles. The zero-order chi connectivity index (χ0) is 18.5. The Balaban J connectivity index is 1.33. The van der Waals surface area contributed by atoms with Crippen molar-refractivity contribution in [2.75, 3.05) is 17.2 Å². The van der Waals surface area contributed by atoms with E-state index in [1.54, 1.807) is 6.20 Å². The highest BCUT2D eigenvalue weighted by atomic mass is 16.2. The summed E-state index contributed by atoms with van der Waals surface area (Å²) in [6, 6.07) is 16.3. The van der Waals surface area contributed by atoms with Gasteiger partial charge in [-0.2, -0.15) is 0 Å². The first kappa shape index (κ1) is 17.2. The molecular weight excluding hydrogens is 338 g/mol. The molecule has 6 heteroatoms. The van der Waals surface area contributed by atoms with Crippen molar-refractivity contribution in [3.63, 3.8) is 0 Å². The van der Waals surface area contributed by atoms with Gasteiger partial charge in [-0.1, -0.05) is 36.4 Å². The minimum absolute atomic E-state index is 0.325. The third-order valence-electron chi connectivity index (χ3n) is 4.62. The summed E-state index contributed by atoms with van der Waals surface area (Å²) < 4.78 is 0. The maximum absolute atomic E-state index is 12.1. The van der Waals surface area contributed by atoms with Crippen LogP contribution in [0.25, 0.3) is 0 Å². The highest BCUT2D eigenvalue weighted by Crippen LogP contribution is 2.26. The van der Waals surface area contributed by atoms with Crippen molar-refractivity contribution in [3.8, 4) is 0 Å². The number of aromatic nitrogens is 2. The van der Waals surface area contributed by atoms with Gasteiger partial charge in [0.05, 0.1) is 6.20 Å². The molecule has 0 spiro atoms. The van der Waals surface area contributed by atoms with E-state index < -0.39 is 0 Å². The van der Waals surface area contributed by atoms with E-state index >= 15 is 0 Å². The molecule has 3 aromatic rings. The van der Waals surface area contributed by atoms with E-state index in [4.69, 9.17) is 0 Å². The average Bonchev–Trinajstić information content (AvgIpc) is 3.10. The summed E-state index contributed by atoms with van der Waals surface area (Å²) >= 11 is 0. The lowest BCUT2D eigenvalue weighted by Crippen LogP contribution is -2.20. The van der Waals surface area contributed by atoms with Gasteiger partial charge in [0.1, 0.15) is 0 Å². The molecule has 0 radical (unpaired) electrons. The van der Waals surface area contributed by atoms with E-state index in [1.165, 1.54) is 29.1 Å². The molecule has 6 nitrogen and oxygen atoms in total. The topological polar surface area (TPSA) is 70.2 Å². The molecule has 136 valence electrons. The second kappa shape index (κ2) is 7.97. The van der Waals surface area contributed by atoms with Crippen molar-refractivity contribution in [2.24, 2.45) is 0 Å². The fourth-order valence-electron chi connectivity index (χ4n) is 3.28. The summed E-state index contributed by atoms with van der Waals surface area (Å²) in [5, 5.41) is 5.53. The average molecular weight is 359 g/mol. The van der Waals surface area contributed by atoms with Crippen LogP contribution in [0.5, 0.6) is 0 Å². The standard InChI is InChI=1S/C21H21N5O/c27-21(25-20-13-22-9-10-23-20)24-19-7-6-17-14-26(15-18(17)12-19)11-8-16-4-2-1-3-5-16/h1-7,9-10,12-13H,8,11,14-15H2,(H2,23,24,25,27). The van der Waals surface area contributed by atoms with Gasteiger partial charge >= 0.3 is 6.03 Å². The lowest BCUT2D eigenvalue weighted by molar-refractivity contribution is 0.262. The van der Waals surface area contributed by atoms with Crippen LogP contribution in [0.4, 0.5) is 16.3 Å². The number of urea groups is 1. The Kier molecular flexibility index (Phi) is 5.07. The Morgan fingerprint density at radius 1 is 1.00 bits per heavy atom. The van der Waals surface area contributed by atoms with Crippen molar-refractivity contribution < 1.29 is 4.79 Å². The summed E-state index contributed by atoms with van der Waals surface area (Å²) in [4.78, 5) is 22.5. The number of hydrogen-bond acceptors (Lipinski definition) is 4. The number of fused-ring (bicyclic) bond motifs is 1. The van der Waals surface area contributed by atoms with Crippen LogP contribution >= 0.6 is 0 Å². The van der Waals surface area contributed by atoms with E-state index in [-0.39, 0.29) is 6.03 Å². The van der Waals surface area contributed by atoms with Gasteiger partial charge in [-0.25, -0.2) is 9.78 Å². The quantitative estimate of drug-likeness (QED) is 0.729. The first-order chi connectivity index (χ1) is 13.3. The van der Waals surface area contributed by atoms with E-state index in [0.29, 0.717) is 5.82 Å². The number of rotatable bonds is 5. The van der Waals surface area contributed by atoms with Gasteiger partial charge in [0.15, 0.2) is 5.82 Å². The second-order valence-corrected chi connectivity index (χ2v) is 6.60. The predicted octanol–water partition coefficient (Wildman–Crippen LogP) is 3.68. The minimum Gasteiger partial charge on any atom is -0.308 e. The Morgan fingerprint density at radius 3 is 2.67 bits per heavy atom. The van der Waals surface area contributed by atoms with Crippen LogP contribution in [-0.4, -0.2) is 27.4 Å². The van der Waals surface area contributed by atoms with Crippen molar-refractivity contribution in [1.82, 2.24) is 14.9 Å². The molecular formula is C21H21N5O. The molecule has 2 N–H and O–H groups in total. The number of nitrogens with zero attached hydrogens (tertiary/aromatic N) is 3. The Labute approximate surface area is 158 Å². The fraction of sp³-hybridized carbons (Fsp3) is 0.190. The Morgan fingerprint density at radius 2 is 1.85 bits per heavy atom. The molecule has 0 saturated heterocycles. The van der Waals surface area contributed by atoms with Gasteiger partial charge in [0.25, 0.3) is 0 Å². The maximum atomic E-state index is 12.1. The molecule has 27 heavy (non-hydrogen) atoms. The molecule has 0 saturated carbocycles. The molecule has 1 aliphatic rings. The summed E-state index contributed by atoms with van der Waals surface area (Å²) in [7, 11) is 0. The summed E-state index contributed by atoms with van der Waals surface area (Å²) in [5.41, 5.74) is 4.72. The lowest BCUT2D eigenvalue weighted by Gasteiger charge is -2.14. The molecule has 0 unspecified atom stereocenters. The summed E-state index contributed by atoms with van der Waals surface area (Å²) in [6.45, 7) is 2.88. The third-order valence-corrected chi connectivity index (χ3v) is 4.62. The molecule has 0 aliphatic carbocycles. The van der Waals surface area contributed by atoms with Crippen molar-refractivity contribution >= 4 is 17.5 Å². The fourth-order valence-corrected chi connectivity index (χ4v) is 3.28. The van der Waals surface area contributed by atoms with Gasteiger partial charge in [0.2, 0.25) is 0 Å². The zero-order valence-corrected chi connectivity index (χ0v) is 14.9. The SMILES string of the molecule is O=C(Nc1ccc2c(c1)CN(CCc1ccccc1)C2)Nc1cnccn1. The van der Waals surface area contributed by atoms with E-state index in [9.17, 15) is 4.79 Å². The number of benzene rings is 2. The monoisotopic (exact) mass is 359 g/mol. The van der Waals surface area contributed by atoms with Crippen molar-refractivity contribution in [2.45, 2.75) is 19.5 Å². The van der Waals surface area contributed by atoms with Gasteiger partial charge in [-0.05, 0) is 35.2 Å². The molecule has 2 amide bonds. The molecule has 4 rings (SSSR count). The normalized spacial score (nSPS) is 13.2. The van der Waals surface area contributed by atoms with E-state index in [0.717, 1.165) is 31.7 Å². The van der Waals surface area contributed by atoms with Crippen LogP contribution in [0.1, 0.15) is 16.7 Å². The zero-order valence-electron chi connectivity index (χ0n) is 14.9. The summed E-state index contributed by atoms with van der Waals surface area (Å²) in [6.07, 6.45) is 5.65.